The van der Waals surface area contributed by atoms with Crippen LogP contribution in [0.2, 0.25) is 0 Å². The smallest absolute Gasteiger partial charge is 0.214 e. The normalized spacial score (nSPS) is 17.6. The van der Waals surface area contributed by atoms with E-state index in [4.69, 9.17) is 0 Å². The molecule has 142 valence electrons. The van der Waals surface area contributed by atoms with Crippen molar-refractivity contribution in [1.82, 2.24) is 19.9 Å². The van der Waals surface area contributed by atoms with Crippen molar-refractivity contribution in [1.29, 1.82) is 0 Å². The summed E-state index contributed by atoms with van der Waals surface area (Å²) in [6.45, 7) is 5.89. The number of nitrogens with zero attached hydrogens (tertiary/aromatic N) is 3. The Morgan fingerprint density at radius 1 is 1.44 bits per heavy atom. The van der Waals surface area contributed by atoms with Crippen molar-refractivity contribution in [3.63, 3.8) is 0 Å². The van der Waals surface area contributed by atoms with E-state index in [1.165, 1.54) is 4.88 Å². The van der Waals surface area contributed by atoms with Crippen LogP contribution >= 0.6 is 11.3 Å². The summed E-state index contributed by atoms with van der Waals surface area (Å²) in [4.78, 5) is 9.84. The molecule has 2 heterocycles. The summed E-state index contributed by atoms with van der Waals surface area (Å²) < 4.78 is 25.8. The van der Waals surface area contributed by atoms with Gasteiger partial charge in [0.05, 0.1) is 10.8 Å². The van der Waals surface area contributed by atoms with Crippen LogP contribution in [0.1, 0.15) is 36.1 Å². The number of hydrogen-bond acceptors (Lipinski definition) is 5. The molecule has 0 radical (unpaired) electrons. The zero-order valence-corrected chi connectivity index (χ0v) is 16.9. The second-order valence-electron chi connectivity index (χ2n) is 6.25. The number of aliphatic imine (C=N–C) groups is 1. The van der Waals surface area contributed by atoms with Gasteiger partial charge in [-0.05, 0) is 26.2 Å². The van der Waals surface area contributed by atoms with Gasteiger partial charge in [-0.2, -0.15) is 0 Å². The van der Waals surface area contributed by atoms with Crippen molar-refractivity contribution in [2.45, 2.75) is 45.6 Å². The van der Waals surface area contributed by atoms with Gasteiger partial charge < -0.3 is 10.6 Å². The van der Waals surface area contributed by atoms with Gasteiger partial charge in [0, 0.05) is 50.2 Å². The second kappa shape index (κ2) is 9.49. The Balaban J connectivity index is 1.73. The summed E-state index contributed by atoms with van der Waals surface area (Å²) in [5.74, 6) is 1.01. The second-order valence-corrected chi connectivity index (χ2v) is 9.66. The van der Waals surface area contributed by atoms with Crippen molar-refractivity contribution in [3.05, 3.63) is 16.1 Å². The fourth-order valence-electron chi connectivity index (χ4n) is 2.86. The Labute approximate surface area is 155 Å². The van der Waals surface area contributed by atoms with Crippen LogP contribution in [0.25, 0.3) is 0 Å². The molecule has 1 aromatic rings. The van der Waals surface area contributed by atoms with Gasteiger partial charge >= 0.3 is 0 Å². The first-order chi connectivity index (χ1) is 11.9. The van der Waals surface area contributed by atoms with Crippen molar-refractivity contribution in [2.75, 3.05) is 32.4 Å². The van der Waals surface area contributed by atoms with Gasteiger partial charge in [0.1, 0.15) is 0 Å². The lowest BCUT2D eigenvalue weighted by molar-refractivity contribution is 0.306. The maximum absolute atomic E-state index is 12.1. The number of aryl methyl sites for hydroxylation is 1. The highest BCUT2D eigenvalue weighted by Gasteiger charge is 2.27. The van der Waals surface area contributed by atoms with E-state index >= 15 is 0 Å². The van der Waals surface area contributed by atoms with Crippen LogP contribution < -0.4 is 10.6 Å². The van der Waals surface area contributed by atoms with Crippen LogP contribution in [0.4, 0.5) is 0 Å². The van der Waals surface area contributed by atoms with Crippen molar-refractivity contribution in [2.24, 2.45) is 4.99 Å². The summed E-state index contributed by atoms with van der Waals surface area (Å²) in [7, 11) is -1.33. The van der Waals surface area contributed by atoms with Gasteiger partial charge in [0.2, 0.25) is 10.0 Å². The highest BCUT2D eigenvalue weighted by atomic mass is 32.2. The fraction of sp³-hybridized carbons (Fsp3) is 0.750. The van der Waals surface area contributed by atoms with Gasteiger partial charge in [0.15, 0.2) is 5.96 Å². The number of nitrogens with one attached hydrogen (secondary N) is 2. The average Bonchev–Trinajstić information content (AvgIpc) is 2.99. The van der Waals surface area contributed by atoms with E-state index in [0.717, 1.165) is 36.8 Å². The predicted octanol–water partition coefficient (Wildman–Crippen LogP) is 1.36. The minimum Gasteiger partial charge on any atom is -0.356 e. The topological polar surface area (TPSA) is 86.7 Å². The monoisotopic (exact) mass is 387 g/mol. The van der Waals surface area contributed by atoms with Crippen LogP contribution in [0.15, 0.2) is 11.2 Å². The Hall–Kier alpha value is -1.19. The molecule has 0 aliphatic carbocycles. The van der Waals surface area contributed by atoms with E-state index < -0.39 is 10.0 Å². The quantitative estimate of drug-likeness (QED) is 0.545. The molecule has 9 heteroatoms. The maximum atomic E-state index is 12.1. The number of guanidine groups is 1. The molecule has 1 aliphatic rings. The molecular weight excluding hydrogens is 358 g/mol. The summed E-state index contributed by atoms with van der Waals surface area (Å²) in [6, 6.07) is 0.251. The Bertz CT molecular complexity index is 664. The molecule has 1 saturated heterocycles. The fourth-order valence-corrected chi connectivity index (χ4v) is 5.19. The highest BCUT2D eigenvalue weighted by Crippen LogP contribution is 2.15. The summed E-state index contributed by atoms with van der Waals surface area (Å²) >= 11 is 1.72. The van der Waals surface area contributed by atoms with Gasteiger partial charge in [-0.3, -0.25) is 4.99 Å². The molecule has 25 heavy (non-hydrogen) atoms. The molecule has 2 rings (SSSR count). The largest absolute Gasteiger partial charge is 0.356 e. The molecule has 0 atom stereocenters. The molecule has 1 aliphatic heterocycles. The Morgan fingerprint density at radius 2 is 2.16 bits per heavy atom. The Morgan fingerprint density at radius 3 is 2.72 bits per heavy atom. The third kappa shape index (κ3) is 6.23. The van der Waals surface area contributed by atoms with E-state index in [-0.39, 0.29) is 11.8 Å². The number of piperidine rings is 1. The van der Waals surface area contributed by atoms with Crippen molar-refractivity contribution >= 4 is 27.3 Å². The van der Waals surface area contributed by atoms with E-state index in [1.807, 2.05) is 13.1 Å². The lowest BCUT2D eigenvalue weighted by Gasteiger charge is -2.32. The zero-order chi connectivity index (χ0) is 18.3. The summed E-state index contributed by atoms with van der Waals surface area (Å²) in [6.07, 6.45) is 5.03. The van der Waals surface area contributed by atoms with Crippen LogP contribution in [-0.4, -0.2) is 62.1 Å². The minimum atomic E-state index is -3.08. The molecule has 2 N–H and O–H groups in total. The Kier molecular flexibility index (Phi) is 7.64. The van der Waals surface area contributed by atoms with E-state index in [2.05, 4.69) is 27.5 Å². The van der Waals surface area contributed by atoms with Gasteiger partial charge in [-0.25, -0.2) is 17.7 Å². The first-order valence-corrected chi connectivity index (χ1v) is 11.2. The molecule has 0 bridgehead atoms. The molecule has 7 nitrogen and oxygen atoms in total. The SMILES string of the molecule is CCCS(=O)(=O)N1CCC(NC(=NC)NCCc2ncc(C)s2)CC1. The molecule has 0 amide bonds. The third-order valence-electron chi connectivity index (χ3n) is 4.17. The van der Waals surface area contributed by atoms with Crippen molar-refractivity contribution < 1.29 is 8.42 Å². The number of thiazole rings is 1. The van der Waals surface area contributed by atoms with Gasteiger partial charge in [0.25, 0.3) is 0 Å². The number of hydrogen-bond donors (Lipinski definition) is 2. The number of sulfonamides is 1. The standard InChI is InChI=1S/C16H29N5O2S2/c1-4-11-25(22,23)21-9-6-14(7-10-21)20-16(17-3)18-8-5-15-19-12-13(2)24-15/h12,14H,4-11H2,1-3H3,(H2,17,18,20). The number of aromatic nitrogens is 1. The molecule has 0 aromatic carbocycles. The molecule has 0 saturated carbocycles. The van der Waals surface area contributed by atoms with Crippen LogP contribution in [0, 0.1) is 6.92 Å². The van der Waals surface area contributed by atoms with E-state index in [9.17, 15) is 8.42 Å². The lowest BCUT2D eigenvalue weighted by atomic mass is 10.1. The van der Waals surface area contributed by atoms with E-state index in [0.29, 0.717) is 19.5 Å². The first kappa shape index (κ1) is 20.1. The van der Waals surface area contributed by atoms with Crippen molar-refractivity contribution in [3.8, 4) is 0 Å². The van der Waals surface area contributed by atoms with Gasteiger partial charge in [-0.15, -0.1) is 11.3 Å². The predicted molar refractivity (Wildman–Crippen MR) is 104 cm³/mol. The minimum absolute atomic E-state index is 0.241. The van der Waals surface area contributed by atoms with Crippen LogP contribution in [0.5, 0.6) is 0 Å². The molecule has 0 unspecified atom stereocenters. The zero-order valence-electron chi connectivity index (χ0n) is 15.3. The average molecular weight is 388 g/mol. The van der Waals surface area contributed by atoms with Gasteiger partial charge in [-0.1, -0.05) is 6.92 Å². The summed E-state index contributed by atoms with van der Waals surface area (Å²) in [5, 5.41) is 7.83. The molecule has 0 spiro atoms. The third-order valence-corrected chi connectivity index (χ3v) is 7.22. The maximum Gasteiger partial charge on any atom is 0.214 e. The highest BCUT2D eigenvalue weighted by molar-refractivity contribution is 7.89. The van der Waals surface area contributed by atoms with E-state index in [1.54, 1.807) is 22.7 Å². The van der Waals surface area contributed by atoms with Crippen LogP contribution in [0.3, 0.4) is 0 Å². The molecule has 1 fully saturated rings. The molecular formula is C16H29N5O2S2. The number of rotatable bonds is 7. The first-order valence-electron chi connectivity index (χ1n) is 8.81. The lowest BCUT2D eigenvalue weighted by Crippen LogP contribution is -2.50. The summed E-state index contributed by atoms with van der Waals surface area (Å²) in [5.41, 5.74) is 0. The van der Waals surface area contributed by atoms with Crippen LogP contribution in [-0.2, 0) is 16.4 Å². The molecule has 1 aromatic heterocycles.